The van der Waals surface area contributed by atoms with Crippen LogP contribution >= 0.6 is 0 Å². The van der Waals surface area contributed by atoms with E-state index < -0.39 is 5.41 Å². The van der Waals surface area contributed by atoms with E-state index in [9.17, 15) is 0 Å². The maximum atomic E-state index is 2.58. The first-order valence-corrected chi connectivity index (χ1v) is 21.5. The van der Waals surface area contributed by atoms with Crippen LogP contribution in [0, 0.1) is 0 Å². The first-order chi connectivity index (χ1) is 30.8. The van der Waals surface area contributed by atoms with Crippen molar-refractivity contribution in [3.63, 3.8) is 0 Å². The van der Waals surface area contributed by atoms with Crippen LogP contribution in [0.15, 0.2) is 249 Å². The molecule has 2 aliphatic rings. The Kier molecular flexibility index (Phi) is 8.47. The van der Waals surface area contributed by atoms with Crippen molar-refractivity contribution in [3.8, 4) is 66.8 Å². The molecule has 0 saturated heterocycles. The van der Waals surface area contributed by atoms with Gasteiger partial charge in [-0.15, -0.1) is 0 Å². The largest absolute Gasteiger partial charge is 0.309 e. The molecular weight excluding hydrogens is 747 g/mol. The van der Waals surface area contributed by atoms with Crippen LogP contribution in [-0.2, 0) is 5.41 Å². The lowest BCUT2D eigenvalue weighted by molar-refractivity contribution is 0.794. The van der Waals surface area contributed by atoms with E-state index in [0.29, 0.717) is 0 Å². The maximum Gasteiger partial charge on any atom is 0.0726 e. The molecule has 1 nitrogen and oxygen atoms in total. The molecule has 10 aromatic carbocycles. The number of hydrogen-bond donors (Lipinski definition) is 0. The summed E-state index contributed by atoms with van der Waals surface area (Å²) in [5.41, 5.74) is 22.7. The minimum absolute atomic E-state index is 0.478. The topological polar surface area (TPSA) is 3.24 Å². The van der Waals surface area contributed by atoms with Crippen LogP contribution in [-0.4, -0.2) is 0 Å². The highest BCUT2D eigenvalue weighted by molar-refractivity contribution is 6.07. The molecule has 0 fully saturated rings. The van der Waals surface area contributed by atoms with Gasteiger partial charge in [0.2, 0.25) is 0 Å². The molecule has 0 heterocycles. The zero-order valence-corrected chi connectivity index (χ0v) is 34.1. The molecule has 12 rings (SSSR count). The lowest BCUT2D eigenvalue weighted by atomic mass is 9.70. The fraction of sp³-hybridized carbons (Fsp3) is 0.0164. The number of anilines is 3. The van der Waals surface area contributed by atoms with Crippen LogP contribution in [0.4, 0.5) is 17.1 Å². The summed E-state index contributed by atoms with van der Waals surface area (Å²) in [6.07, 6.45) is 0. The van der Waals surface area contributed by atoms with Crippen LogP contribution in [0.3, 0.4) is 0 Å². The quantitative estimate of drug-likeness (QED) is 0.155. The van der Waals surface area contributed by atoms with Crippen LogP contribution in [0.2, 0.25) is 0 Å². The van der Waals surface area contributed by atoms with Crippen molar-refractivity contribution in [1.29, 1.82) is 0 Å². The molecular formula is C61H41N. The van der Waals surface area contributed by atoms with Gasteiger partial charge < -0.3 is 4.90 Å². The van der Waals surface area contributed by atoms with Gasteiger partial charge in [0, 0.05) is 16.7 Å². The predicted molar refractivity (Wildman–Crippen MR) is 259 cm³/mol. The summed E-state index contributed by atoms with van der Waals surface area (Å²) in [5.74, 6) is 0. The maximum absolute atomic E-state index is 2.58. The van der Waals surface area contributed by atoms with E-state index in [1.165, 1.54) is 83.5 Å². The molecule has 0 atom stereocenters. The van der Waals surface area contributed by atoms with Crippen molar-refractivity contribution in [2.24, 2.45) is 0 Å². The molecule has 1 spiro atoms. The van der Waals surface area contributed by atoms with Crippen molar-refractivity contribution in [2.75, 3.05) is 4.90 Å². The van der Waals surface area contributed by atoms with Crippen LogP contribution in [0.25, 0.3) is 66.8 Å². The number of fused-ring (bicyclic) bond motifs is 10. The van der Waals surface area contributed by atoms with Gasteiger partial charge in [-0.25, -0.2) is 0 Å². The smallest absolute Gasteiger partial charge is 0.0726 e. The number of hydrogen-bond acceptors (Lipinski definition) is 1. The van der Waals surface area contributed by atoms with E-state index in [2.05, 4.69) is 254 Å². The highest BCUT2D eigenvalue weighted by Crippen LogP contribution is 2.65. The molecule has 0 N–H and O–H groups in total. The van der Waals surface area contributed by atoms with Gasteiger partial charge in [0.1, 0.15) is 0 Å². The molecule has 10 aromatic rings. The summed E-state index contributed by atoms with van der Waals surface area (Å²) in [7, 11) is 0. The van der Waals surface area contributed by atoms with Crippen molar-refractivity contribution < 1.29 is 0 Å². The van der Waals surface area contributed by atoms with Crippen LogP contribution in [0.1, 0.15) is 22.3 Å². The zero-order chi connectivity index (χ0) is 41.0. The van der Waals surface area contributed by atoms with Gasteiger partial charge in [-0.05, 0) is 90.5 Å². The Morgan fingerprint density at radius 1 is 0.210 bits per heavy atom. The van der Waals surface area contributed by atoms with Crippen LogP contribution < -0.4 is 4.90 Å². The fourth-order valence-corrected chi connectivity index (χ4v) is 10.7. The van der Waals surface area contributed by atoms with E-state index in [-0.39, 0.29) is 0 Å². The first-order valence-electron chi connectivity index (χ1n) is 21.5. The summed E-state index contributed by atoms with van der Waals surface area (Å²) < 4.78 is 0. The Labute approximate surface area is 363 Å². The molecule has 1 heteroatoms. The zero-order valence-electron chi connectivity index (χ0n) is 34.1. The minimum atomic E-state index is -0.478. The van der Waals surface area contributed by atoms with Crippen molar-refractivity contribution in [3.05, 3.63) is 271 Å². The molecule has 0 unspecified atom stereocenters. The Morgan fingerprint density at radius 2 is 0.565 bits per heavy atom. The van der Waals surface area contributed by atoms with E-state index in [1.807, 2.05) is 0 Å². The van der Waals surface area contributed by atoms with Gasteiger partial charge in [-0.1, -0.05) is 231 Å². The molecule has 2 aliphatic carbocycles. The summed E-state index contributed by atoms with van der Waals surface area (Å²) >= 11 is 0. The number of para-hydroxylation sites is 1. The highest BCUT2D eigenvalue weighted by Gasteiger charge is 2.52. The van der Waals surface area contributed by atoms with E-state index >= 15 is 0 Å². The third-order valence-electron chi connectivity index (χ3n) is 13.1. The second-order valence-corrected chi connectivity index (χ2v) is 16.3. The number of rotatable bonds is 7. The lowest BCUT2D eigenvalue weighted by Gasteiger charge is -2.34. The molecule has 0 radical (unpaired) electrons. The van der Waals surface area contributed by atoms with Crippen molar-refractivity contribution >= 4 is 17.1 Å². The molecule has 0 bridgehead atoms. The number of nitrogens with zero attached hydrogens (tertiary/aromatic N) is 1. The summed E-state index contributed by atoms with van der Waals surface area (Å²) in [6, 6.07) is 91.6. The van der Waals surface area contributed by atoms with E-state index in [4.69, 9.17) is 0 Å². The van der Waals surface area contributed by atoms with Crippen molar-refractivity contribution in [2.45, 2.75) is 5.41 Å². The van der Waals surface area contributed by atoms with E-state index in [1.54, 1.807) is 0 Å². The molecule has 0 amide bonds. The van der Waals surface area contributed by atoms with E-state index in [0.717, 1.165) is 22.6 Å². The molecule has 0 aromatic heterocycles. The SMILES string of the molecule is c1ccc(-c2ccccc2-c2c(-c3ccccc3)cccc2N(c2ccccc2-c2ccccc2)c2cccc3c2-c2ccccc2C32c3ccccc3-c3ccccc32)cc1. The average molecular weight is 788 g/mol. The standard InChI is InChI=1S/C61H41N/c1-4-22-42(23-5-1)45-28-10-11-32-50(45)59-47(44-26-8-3-9-27-44)34-20-40-57(59)62(56-39-19-15-29-46(56)43-24-6-2-7-25-43)58-41-21-38-55-60(58)51-33-14-18-37-54(51)61(55)52-35-16-12-30-48(52)49-31-13-17-36-53(49)61/h1-41H. The Bertz CT molecular complexity index is 3250. The fourth-order valence-electron chi connectivity index (χ4n) is 10.7. The highest BCUT2D eigenvalue weighted by atomic mass is 15.2. The van der Waals surface area contributed by atoms with Gasteiger partial charge in [-0.3, -0.25) is 0 Å². The molecule has 290 valence electrons. The molecule has 0 aliphatic heterocycles. The summed E-state index contributed by atoms with van der Waals surface area (Å²) in [6.45, 7) is 0. The molecule has 0 saturated carbocycles. The Balaban J connectivity index is 1.23. The van der Waals surface area contributed by atoms with Gasteiger partial charge >= 0.3 is 0 Å². The van der Waals surface area contributed by atoms with Gasteiger partial charge in [0.05, 0.1) is 22.5 Å². The predicted octanol–water partition coefficient (Wildman–Crippen LogP) is 16.2. The monoisotopic (exact) mass is 787 g/mol. The number of benzene rings is 10. The third-order valence-corrected chi connectivity index (χ3v) is 13.1. The summed E-state index contributed by atoms with van der Waals surface area (Å²) in [4.78, 5) is 2.58. The second-order valence-electron chi connectivity index (χ2n) is 16.3. The average Bonchev–Trinajstić information content (AvgIpc) is 3.83. The second kappa shape index (κ2) is 14.6. The minimum Gasteiger partial charge on any atom is -0.309 e. The third kappa shape index (κ3) is 5.35. The van der Waals surface area contributed by atoms with Crippen LogP contribution in [0.5, 0.6) is 0 Å². The molecule has 62 heavy (non-hydrogen) atoms. The Hall–Kier alpha value is -8.00. The normalized spacial score (nSPS) is 12.6. The summed E-state index contributed by atoms with van der Waals surface area (Å²) in [5, 5.41) is 0. The first kappa shape index (κ1) is 35.9. The Morgan fingerprint density at radius 3 is 1.16 bits per heavy atom. The van der Waals surface area contributed by atoms with Crippen molar-refractivity contribution in [1.82, 2.24) is 0 Å². The lowest BCUT2D eigenvalue weighted by Crippen LogP contribution is -2.26. The van der Waals surface area contributed by atoms with Gasteiger partial charge in [0.15, 0.2) is 0 Å². The van der Waals surface area contributed by atoms with Gasteiger partial charge in [0.25, 0.3) is 0 Å². The van der Waals surface area contributed by atoms with Gasteiger partial charge in [-0.2, -0.15) is 0 Å².